The highest BCUT2D eigenvalue weighted by Crippen LogP contribution is 2.36. The highest BCUT2D eigenvalue weighted by molar-refractivity contribution is 7.21. The van der Waals surface area contributed by atoms with Gasteiger partial charge in [-0.1, -0.05) is 48.5 Å². The Hall–Kier alpha value is -3.31. The van der Waals surface area contributed by atoms with Gasteiger partial charge in [0.15, 0.2) is 0 Å². The Balaban J connectivity index is 1.65. The van der Waals surface area contributed by atoms with Gasteiger partial charge in [0.1, 0.15) is 16.5 Å². The van der Waals surface area contributed by atoms with E-state index >= 15 is 0 Å². The van der Waals surface area contributed by atoms with Crippen molar-refractivity contribution in [3.63, 3.8) is 0 Å². The lowest BCUT2D eigenvalue weighted by atomic mass is 10.1. The summed E-state index contributed by atoms with van der Waals surface area (Å²) in [6.45, 7) is 1.92. The van der Waals surface area contributed by atoms with Crippen LogP contribution in [0, 0.1) is 6.92 Å². The molecule has 0 spiro atoms. The van der Waals surface area contributed by atoms with E-state index in [1.165, 1.54) is 10.4 Å². The molecule has 1 N–H and O–H groups in total. The lowest BCUT2D eigenvalue weighted by molar-refractivity contribution is 1.10. The summed E-state index contributed by atoms with van der Waals surface area (Å²) in [5.41, 5.74) is 3.07. The minimum Gasteiger partial charge on any atom is -0.338 e. The number of nitrogens with one attached hydrogen (secondary N) is 1. The van der Waals surface area contributed by atoms with Gasteiger partial charge in [-0.15, -0.1) is 11.3 Å². The number of aromatic nitrogens is 3. The molecule has 0 saturated carbocycles. The summed E-state index contributed by atoms with van der Waals surface area (Å²) >= 11 is 1.69. The number of aryl methyl sites for hydroxylation is 1. The number of anilines is 2. The summed E-state index contributed by atoms with van der Waals surface area (Å²) in [6, 6.07) is 22.7. The van der Waals surface area contributed by atoms with Crippen molar-refractivity contribution in [2.24, 2.45) is 0 Å². The van der Waals surface area contributed by atoms with Crippen molar-refractivity contribution in [1.29, 1.82) is 0 Å². The molecule has 0 aliphatic carbocycles. The minimum absolute atomic E-state index is 0.750. The number of pyridine rings is 1. The summed E-state index contributed by atoms with van der Waals surface area (Å²) in [7, 11) is 0. The zero-order valence-corrected chi connectivity index (χ0v) is 15.5. The molecule has 4 nitrogen and oxygen atoms in total. The number of thiophene rings is 1. The molecule has 5 rings (SSSR count). The molecule has 130 valence electrons. The lowest BCUT2D eigenvalue weighted by Gasteiger charge is -2.09. The molecular weight excluding hydrogens is 352 g/mol. The number of benzene rings is 2. The highest BCUT2D eigenvalue weighted by atomic mass is 32.1. The topological polar surface area (TPSA) is 50.7 Å². The third-order valence-corrected chi connectivity index (χ3v) is 5.53. The monoisotopic (exact) mass is 368 g/mol. The molecule has 0 atom stereocenters. The number of fused-ring (bicyclic) bond motifs is 2. The van der Waals surface area contributed by atoms with Crippen LogP contribution in [0.1, 0.15) is 5.82 Å². The van der Waals surface area contributed by atoms with E-state index in [4.69, 9.17) is 0 Å². The number of para-hydroxylation sites is 1. The Morgan fingerprint density at radius 2 is 1.74 bits per heavy atom. The third-order valence-electron chi connectivity index (χ3n) is 4.45. The Kier molecular flexibility index (Phi) is 3.80. The molecule has 0 saturated heterocycles. The molecule has 27 heavy (non-hydrogen) atoms. The second-order valence-corrected chi connectivity index (χ2v) is 7.35. The van der Waals surface area contributed by atoms with Gasteiger partial charge in [-0.2, -0.15) is 0 Å². The van der Waals surface area contributed by atoms with Crippen molar-refractivity contribution >= 4 is 44.0 Å². The van der Waals surface area contributed by atoms with Crippen molar-refractivity contribution in [3.05, 3.63) is 78.8 Å². The van der Waals surface area contributed by atoms with Crippen LogP contribution in [0.5, 0.6) is 0 Å². The van der Waals surface area contributed by atoms with Crippen LogP contribution in [0.15, 0.2) is 72.9 Å². The summed E-state index contributed by atoms with van der Waals surface area (Å²) < 4.78 is 0. The van der Waals surface area contributed by atoms with E-state index in [1.807, 2.05) is 37.4 Å². The van der Waals surface area contributed by atoms with Gasteiger partial charge in [0.05, 0.1) is 16.6 Å². The second kappa shape index (κ2) is 6.45. The average molecular weight is 368 g/mol. The maximum Gasteiger partial charge on any atom is 0.142 e. The molecule has 3 aromatic heterocycles. The lowest BCUT2D eigenvalue weighted by Crippen LogP contribution is -1.98. The van der Waals surface area contributed by atoms with E-state index in [1.54, 1.807) is 11.3 Å². The Morgan fingerprint density at radius 3 is 2.63 bits per heavy atom. The van der Waals surface area contributed by atoms with Gasteiger partial charge >= 0.3 is 0 Å². The fourth-order valence-corrected chi connectivity index (χ4v) is 4.28. The zero-order valence-electron chi connectivity index (χ0n) is 14.7. The van der Waals surface area contributed by atoms with Crippen LogP contribution >= 0.6 is 11.3 Å². The number of hydrogen-bond donors (Lipinski definition) is 1. The zero-order chi connectivity index (χ0) is 18.2. The van der Waals surface area contributed by atoms with Crippen molar-refractivity contribution < 1.29 is 0 Å². The van der Waals surface area contributed by atoms with Crippen LogP contribution in [-0.4, -0.2) is 15.0 Å². The molecule has 0 radical (unpaired) electrons. The molecule has 3 heterocycles. The fraction of sp³-hybridized carbons (Fsp3) is 0.0455. The first-order valence-electron chi connectivity index (χ1n) is 8.72. The van der Waals surface area contributed by atoms with Gasteiger partial charge in [-0.3, -0.25) is 4.98 Å². The normalized spacial score (nSPS) is 11.1. The first kappa shape index (κ1) is 15.9. The number of hydrogen-bond acceptors (Lipinski definition) is 5. The smallest absolute Gasteiger partial charge is 0.142 e. The molecule has 0 fully saturated rings. The summed E-state index contributed by atoms with van der Waals surface area (Å²) in [5, 5.41) is 5.61. The largest absolute Gasteiger partial charge is 0.338 e. The summed E-state index contributed by atoms with van der Waals surface area (Å²) in [6.07, 6.45) is 1.81. The van der Waals surface area contributed by atoms with Gasteiger partial charge in [0, 0.05) is 16.5 Å². The predicted molar refractivity (Wildman–Crippen MR) is 113 cm³/mol. The van der Waals surface area contributed by atoms with Gasteiger partial charge in [0.2, 0.25) is 0 Å². The molecule has 5 aromatic rings. The molecule has 2 aromatic carbocycles. The SMILES string of the molecule is Cc1nc(Nc2cccc3cccnc23)c2cc(-c3ccccc3)sc2n1. The average Bonchev–Trinajstić information content (AvgIpc) is 3.13. The standard InChI is InChI=1S/C22H16N4S/c1-14-24-21(26-18-11-5-9-16-10-6-12-23-20(16)18)17-13-19(27-22(17)25-14)15-7-3-2-4-8-15/h2-13H,1H3,(H,24,25,26). The quantitative estimate of drug-likeness (QED) is 0.427. The number of nitrogens with zero attached hydrogens (tertiary/aromatic N) is 3. The van der Waals surface area contributed by atoms with Crippen LogP contribution in [0.25, 0.3) is 31.6 Å². The van der Waals surface area contributed by atoms with E-state index in [0.29, 0.717) is 0 Å². The molecular formula is C22H16N4S. The maximum atomic E-state index is 4.67. The highest BCUT2D eigenvalue weighted by Gasteiger charge is 2.13. The molecule has 5 heteroatoms. The summed E-state index contributed by atoms with van der Waals surface area (Å²) in [4.78, 5) is 16.0. The predicted octanol–water partition coefficient (Wildman–Crippen LogP) is 5.96. The molecule has 0 unspecified atom stereocenters. The Labute approximate surface area is 160 Å². The van der Waals surface area contributed by atoms with Gasteiger partial charge in [-0.05, 0) is 30.7 Å². The Bertz CT molecular complexity index is 1260. The van der Waals surface area contributed by atoms with Crippen LogP contribution in [0.3, 0.4) is 0 Å². The molecule has 0 aliphatic heterocycles. The van der Waals surface area contributed by atoms with Gasteiger partial charge in [0.25, 0.3) is 0 Å². The first-order chi connectivity index (χ1) is 13.3. The van der Waals surface area contributed by atoms with Crippen LogP contribution < -0.4 is 5.32 Å². The fourth-order valence-electron chi connectivity index (χ4n) is 3.20. The Morgan fingerprint density at radius 1 is 0.889 bits per heavy atom. The van der Waals surface area contributed by atoms with Crippen molar-refractivity contribution in [1.82, 2.24) is 15.0 Å². The van der Waals surface area contributed by atoms with Crippen LogP contribution in [0.2, 0.25) is 0 Å². The van der Waals surface area contributed by atoms with Crippen molar-refractivity contribution in [2.75, 3.05) is 5.32 Å². The van der Waals surface area contributed by atoms with Gasteiger partial charge < -0.3 is 5.32 Å². The molecule has 0 amide bonds. The van der Waals surface area contributed by atoms with E-state index in [9.17, 15) is 0 Å². The molecule has 0 aliphatic rings. The van der Waals surface area contributed by atoms with Gasteiger partial charge in [-0.25, -0.2) is 9.97 Å². The third kappa shape index (κ3) is 2.92. The van der Waals surface area contributed by atoms with E-state index in [2.05, 4.69) is 62.7 Å². The minimum atomic E-state index is 0.750. The second-order valence-electron chi connectivity index (χ2n) is 6.32. The maximum absolute atomic E-state index is 4.67. The van der Waals surface area contributed by atoms with E-state index in [-0.39, 0.29) is 0 Å². The van der Waals surface area contributed by atoms with Crippen LogP contribution in [-0.2, 0) is 0 Å². The van der Waals surface area contributed by atoms with Crippen molar-refractivity contribution in [2.45, 2.75) is 6.92 Å². The van der Waals surface area contributed by atoms with E-state index in [0.717, 1.165) is 38.4 Å². The summed E-state index contributed by atoms with van der Waals surface area (Å²) in [5.74, 6) is 1.56. The molecule has 0 bridgehead atoms. The van der Waals surface area contributed by atoms with Crippen LogP contribution in [0.4, 0.5) is 11.5 Å². The van der Waals surface area contributed by atoms with Crippen molar-refractivity contribution in [3.8, 4) is 10.4 Å². The van der Waals surface area contributed by atoms with E-state index < -0.39 is 0 Å². The number of rotatable bonds is 3. The first-order valence-corrected chi connectivity index (χ1v) is 9.54.